The molecule has 1 fully saturated rings. The van der Waals surface area contributed by atoms with Crippen LogP contribution in [0.5, 0.6) is 0 Å². The van der Waals surface area contributed by atoms with Crippen LogP contribution in [0.4, 0.5) is 0 Å². The van der Waals surface area contributed by atoms with Gasteiger partial charge in [0.15, 0.2) is 5.78 Å². The highest BCUT2D eigenvalue weighted by Crippen LogP contribution is 2.17. The van der Waals surface area contributed by atoms with Gasteiger partial charge in [0, 0.05) is 0 Å². The van der Waals surface area contributed by atoms with Crippen molar-refractivity contribution in [1.29, 1.82) is 0 Å². The van der Waals surface area contributed by atoms with Crippen LogP contribution in [0.1, 0.15) is 0 Å². The first-order chi connectivity index (χ1) is 5.46. The van der Waals surface area contributed by atoms with E-state index in [4.69, 9.17) is 25.5 Å². The highest BCUT2D eigenvalue weighted by atomic mass is 16.4. The van der Waals surface area contributed by atoms with Gasteiger partial charge in [0.1, 0.15) is 30.5 Å². The number of rotatable bonds is 0. The molecule has 0 aromatic carbocycles. The number of carbonyl (C=O) groups is 1. The number of aliphatic hydroxyl groups is 5. The van der Waals surface area contributed by atoms with Gasteiger partial charge < -0.3 is 25.5 Å². The summed E-state index contributed by atoms with van der Waals surface area (Å²) in [6.45, 7) is 0. The van der Waals surface area contributed by atoms with Crippen LogP contribution in [0, 0.1) is 0 Å². The Bertz CT molecular complexity index is 174. The molecule has 6 nitrogen and oxygen atoms in total. The van der Waals surface area contributed by atoms with Crippen molar-refractivity contribution in [3.8, 4) is 0 Å². The Morgan fingerprint density at radius 3 is 1.42 bits per heavy atom. The average Bonchev–Trinajstić information content (AvgIpc) is 2.08. The van der Waals surface area contributed by atoms with Crippen LogP contribution in [-0.2, 0) is 4.79 Å². The van der Waals surface area contributed by atoms with E-state index in [0.717, 1.165) is 0 Å². The summed E-state index contributed by atoms with van der Waals surface area (Å²) < 4.78 is 0. The molecule has 0 aromatic rings. The topological polar surface area (TPSA) is 118 Å². The monoisotopic (exact) mass is 178 g/mol. The van der Waals surface area contributed by atoms with E-state index < -0.39 is 36.3 Å². The summed E-state index contributed by atoms with van der Waals surface area (Å²) in [5.74, 6) is -1.08. The Morgan fingerprint density at radius 2 is 1.08 bits per heavy atom. The Balaban J connectivity index is 2.83. The van der Waals surface area contributed by atoms with Gasteiger partial charge in [-0.1, -0.05) is 0 Å². The lowest BCUT2D eigenvalue weighted by Crippen LogP contribution is -2.61. The van der Waals surface area contributed by atoms with Crippen LogP contribution in [0.3, 0.4) is 0 Å². The van der Waals surface area contributed by atoms with Gasteiger partial charge in [-0.2, -0.15) is 0 Å². The molecule has 0 radical (unpaired) electrons. The summed E-state index contributed by atoms with van der Waals surface area (Å²) in [7, 11) is 0. The molecule has 12 heavy (non-hydrogen) atoms. The molecule has 0 bridgehead atoms. The zero-order valence-corrected chi connectivity index (χ0v) is 6.03. The average molecular weight is 178 g/mol. The van der Waals surface area contributed by atoms with Gasteiger partial charge in [-0.15, -0.1) is 0 Å². The SMILES string of the molecule is O=C1[C@H](O)[C@H](O)C(O)[C@@H](O)[C@H]1O. The van der Waals surface area contributed by atoms with E-state index in [1.807, 2.05) is 0 Å². The Morgan fingerprint density at radius 1 is 0.750 bits per heavy atom. The first kappa shape index (κ1) is 9.56. The van der Waals surface area contributed by atoms with Gasteiger partial charge in [-0.05, 0) is 0 Å². The van der Waals surface area contributed by atoms with Crippen LogP contribution in [-0.4, -0.2) is 61.8 Å². The van der Waals surface area contributed by atoms with Gasteiger partial charge in [-0.3, -0.25) is 4.79 Å². The zero-order valence-electron chi connectivity index (χ0n) is 6.03. The van der Waals surface area contributed by atoms with Crippen molar-refractivity contribution in [2.24, 2.45) is 0 Å². The van der Waals surface area contributed by atoms with Crippen LogP contribution >= 0.6 is 0 Å². The molecular weight excluding hydrogens is 168 g/mol. The second kappa shape index (κ2) is 3.08. The molecule has 0 aliphatic heterocycles. The van der Waals surface area contributed by atoms with Crippen molar-refractivity contribution in [1.82, 2.24) is 0 Å². The highest BCUT2D eigenvalue weighted by Gasteiger charge is 2.47. The van der Waals surface area contributed by atoms with Gasteiger partial charge in [0.2, 0.25) is 0 Å². The van der Waals surface area contributed by atoms with E-state index in [2.05, 4.69) is 0 Å². The minimum atomic E-state index is -1.83. The summed E-state index contributed by atoms with van der Waals surface area (Å²) in [6.07, 6.45) is -8.85. The Labute approximate surface area is 67.7 Å². The summed E-state index contributed by atoms with van der Waals surface area (Å²) in [4.78, 5) is 10.8. The van der Waals surface area contributed by atoms with Gasteiger partial charge in [0.25, 0.3) is 0 Å². The van der Waals surface area contributed by atoms with E-state index >= 15 is 0 Å². The predicted octanol–water partition coefficient (Wildman–Crippen LogP) is -3.63. The van der Waals surface area contributed by atoms with E-state index in [9.17, 15) is 4.79 Å². The fraction of sp³-hybridized carbons (Fsp3) is 0.833. The normalized spacial score (nSPS) is 49.4. The van der Waals surface area contributed by atoms with Crippen molar-refractivity contribution in [3.05, 3.63) is 0 Å². The second-order valence-corrected chi connectivity index (χ2v) is 2.76. The number of aliphatic hydroxyl groups excluding tert-OH is 5. The molecular formula is C6H10O6. The van der Waals surface area contributed by atoms with Crippen molar-refractivity contribution in [3.63, 3.8) is 0 Å². The third kappa shape index (κ3) is 1.23. The van der Waals surface area contributed by atoms with E-state index in [1.54, 1.807) is 0 Å². The summed E-state index contributed by atoms with van der Waals surface area (Å²) in [6, 6.07) is 0. The molecule has 70 valence electrons. The van der Waals surface area contributed by atoms with Gasteiger partial charge in [0.05, 0.1) is 0 Å². The predicted molar refractivity (Wildman–Crippen MR) is 35.0 cm³/mol. The standard InChI is InChI=1S/C6H10O6/c7-1-2(8)4(10)6(12)5(11)3(1)9/h1-5,7-11H/t2-,3-,4-,5-/m1/s1. The number of Topliss-reactive ketones (excluding diaryl/α,β-unsaturated/α-hetero) is 1. The summed E-state index contributed by atoms with van der Waals surface area (Å²) in [5, 5.41) is 44.5. The molecule has 4 atom stereocenters. The Kier molecular flexibility index (Phi) is 2.45. The number of carbonyl (C=O) groups excluding carboxylic acids is 1. The minimum Gasteiger partial charge on any atom is -0.387 e. The first-order valence-electron chi connectivity index (χ1n) is 3.41. The fourth-order valence-electron chi connectivity index (χ4n) is 1.09. The smallest absolute Gasteiger partial charge is 0.195 e. The Hall–Kier alpha value is -0.530. The van der Waals surface area contributed by atoms with Gasteiger partial charge >= 0.3 is 0 Å². The maximum Gasteiger partial charge on any atom is 0.195 e. The molecule has 0 aromatic heterocycles. The van der Waals surface area contributed by atoms with E-state index in [1.165, 1.54) is 0 Å². The molecule has 5 N–H and O–H groups in total. The van der Waals surface area contributed by atoms with Crippen LogP contribution in [0.2, 0.25) is 0 Å². The van der Waals surface area contributed by atoms with Crippen LogP contribution in [0.25, 0.3) is 0 Å². The molecule has 1 saturated carbocycles. The first-order valence-corrected chi connectivity index (χ1v) is 3.41. The van der Waals surface area contributed by atoms with E-state index in [0.29, 0.717) is 0 Å². The lowest BCUT2D eigenvalue weighted by atomic mass is 9.86. The van der Waals surface area contributed by atoms with Gasteiger partial charge in [-0.25, -0.2) is 0 Å². The summed E-state index contributed by atoms with van der Waals surface area (Å²) >= 11 is 0. The molecule has 0 saturated heterocycles. The lowest BCUT2D eigenvalue weighted by Gasteiger charge is -2.34. The van der Waals surface area contributed by atoms with Crippen LogP contribution < -0.4 is 0 Å². The third-order valence-electron chi connectivity index (χ3n) is 1.93. The number of hydrogen-bond acceptors (Lipinski definition) is 6. The minimum absolute atomic E-state index is 1.08. The van der Waals surface area contributed by atoms with Crippen molar-refractivity contribution in [2.75, 3.05) is 0 Å². The zero-order chi connectivity index (χ0) is 9.46. The molecule has 0 spiro atoms. The summed E-state index contributed by atoms with van der Waals surface area (Å²) in [5.41, 5.74) is 0. The fourth-order valence-corrected chi connectivity index (χ4v) is 1.09. The van der Waals surface area contributed by atoms with Crippen LogP contribution in [0.15, 0.2) is 0 Å². The maximum atomic E-state index is 10.8. The largest absolute Gasteiger partial charge is 0.387 e. The maximum absolute atomic E-state index is 10.8. The van der Waals surface area contributed by atoms with Crippen molar-refractivity contribution < 1.29 is 30.3 Å². The molecule has 1 aliphatic carbocycles. The third-order valence-corrected chi connectivity index (χ3v) is 1.93. The molecule has 0 heterocycles. The molecule has 0 amide bonds. The lowest BCUT2D eigenvalue weighted by molar-refractivity contribution is -0.185. The number of ketones is 1. The molecule has 6 heteroatoms. The molecule has 1 aliphatic rings. The van der Waals surface area contributed by atoms with Crippen molar-refractivity contribution in [2.45, 2.75) is 30.5 Å². The van der Waals surface area contributed by atoms with E-state index in [-0.39, 0.29) is 0 Å². The number of hydrogen-bond donors (Lipinski definition) is 5. The second-order valence-electron chi connectivity index (χ2n) is 2.76. The molecule has 1 rings (SSSR count). The molecule has 0 unspecified atom stereocenters. The highest BCUT2D eigenvalue weighted by molar-refractivity contribution is 5.89. The quantitative estimate of drug-likeness (QED) is 0.261. The van der Waals surface area contributed by atoms with Crippen molar-refractivity contribution >= 4 is 5.78 Å².